The van der Waals surface area contributed by atoms with Crippen molar-refractivity contribution in [3.63, 3.8) is 0 Å². The summed E-state index contributed by atoms with van der Waals surface area (Å²) in [6.45, 7) is 4.85. The minimum absolute atomic E-state index is 0.000191. The number of benzene rings is 3. The molecule has 2 unspecified atom stereocenters. The molecule has 4 N–H and O–H groups in total. The molecule has 0 bridgehead atoms. The Morgan fingerprint density at radius 2 is 1.55 bits per heavy atom. The molecule has 326 valence electrons. The summed E-state index contributed by atoms with van der Waals surface area (Å²) in [6.07, 6.45) is -0.425. The molecule has 0 saturated carbocycles. The van der Waals surface area contributed by atoms with Gasteiger partial charge in [-0.05, 0) is 91.9 Å². The number of amides is 6. The first-order valence-corrected chi connectivity index (χ1v) is 20.3. The summed E-state index contributed by atoms with van der Waals surface area (Å²) in [5.41, 5.74) is 2.53. The highest BCUT2D eigenvalue weighted by atomic mass is 35.5. The predicted octanol–water partition coefficient (Wildman–Crippen LogP) is 5.68. The van der Waals surface area contributed by atoms with Gasteiger partial charge in [-0.3, -0.25) is 29.3 Å². The molecule has 1 fully saturated rings. The van der Waals surface area contributed by atoms with Crippen molar-refractivity contribution in [2.75, 3.05) is 12.4 Å². The van der Waals surface area contributed by atoms with Gasteiger partial charge in [-0.2, -0.15) is 0 Å². The Bertz CT molecular complexity index is 2410. The van der Waals surface area contributed by atoms with Gasteiger partial charge >= 0.3 is 12.1 Å². The maximum atomic E-state index is 13.1. The van der Waals surface area contributed by atoms with Crippen LogP contribution in [0.4, 0.5) is 16.2 Å². The van der Waals surface area contributed by atoms with E-state index in [1.165, 1.54) is 6.92 Å². The Hall–Kier alpha value is -6.66. The van der Waals surface area contributed by atoms with E-state index < -0.39 is 53.7 Å². The van der Waals surface area contributed by atoms with Gasteiger partial charge < -0.3 is 34.7 Å². The number of ether oxygens (including phenoxy) is 2. The summed E-state index contributed by atoms with van der Waals surface area (Å²) in [6, 6.07) is 18.3. The van der Waals surface area contributed by atoms with Crippen molar-refractivity contribution < 1.29 is 52.3 Å². The number of hydrogen-bond acceptors (Lipinski definition) is 13. The number of imide groups is 1. The van der Waals surface area contributed by atoms with E-state index in [-0.39, 0.29) is 61.6 Å². The SMILES string of the molecule is COc1ccc(/N=c2\oc3ccc(Cl)cc3cc2C(=S)NC(=O)OCc2ccc(NC(=O)C(C)NC(=O)C(NC(=O)CCCCC(=O)ON3C(=O)CCC3=O)C(C)C)cc2)cc1. The van der Waals surface area contributed by atoms with Crippen molar-refractivity contribution >= 4 is 92.7 Å². The molecule has 2 atom stereocenters. The zero-order valence-electron chi connectivity index (χ0n) is 34.3. The molecule has 4 aromatic rings. The van der Waals surface area contributed by atoms with Crippen LogP contribution in [0.5, 0.6) is 5.75 Å². The summed E-state index contributed by atoms with van der Waals surface area (Å²) < 4.78 is 16.7. The number of hydroxylamine groups is 2. The molecule has 3 aromatic carbocycles. The number of carbonyl (C=O) groups excluding carboxylic acids is 7. The molecule has 19 heteroatoms. The first-order valence-electron chi connectivity index (χ1n) is 19.6. The van der Waals surface area contributed by atoms with E-state index in [0.717, 1.165) is 0 Å². The van der Waals surface area contributed by atoms with Crippen LogP contribution in [0.25, 0.3) is 11.0 Å². The Balaban J connectivity index is 1.07. The summed E-state index contributed by atoms with van der Waals surface area (Å²) in [5, 5.41) is 12.2. The number of halogens is 1. The van der Waals surface area contributed by atoms with E-state index in [2.05, 4.69) is 26.3 Å². The molecule has 1 aliphatic rings. The maximum absolute atomic E-state index is 13.1. The number of hydrogen-bond donors (Lipinski definition) is 4. The molecule has 17 nitrogen and oxygen atoms in total. The van der Waals surface area contributed by atoms with Crippen molar-refractivity contribution in [2.24, 2.45) is 10.9 Å². The second-order valence-electron chi connectivity index (χ2n) is 14.4. The summed E-state index contributed by atoms with van der Waals surface area (Å²) >= 11 is 11.8. The number of nitrogens with one attached hydrogen (secondary N) is 4. The number of anilines is 1. The molecular weight excluding hydrogens is 844 g/mol. The molecule has 2 heterocycles. The van der Waals surface area contributed by atoms with Crippen LogP contribution >= 0.6 is 23.8 Å². The predicted molar refractivity (Wildman–Crippen MR) is 230 cm³/mol. The first-order chi connectivity index (χ1) is 29.6. The van der Waals surface area contributed by atoms with E-state index in [1.54, 1.807) is 93.8 Å². The zero-order chi connectivity index (χ0) is 44.9. The van der Waals surface area contributed by atoms with Gasteiger partial charge in [0.15, 0.2) is 0 Å². The summed E-state index contributed by atoms with van der Waals surface area (Å²) in [4.78, 5) is 96.3. The van der Waals surface area contributed by atoms with Gasteiger partial charge in [-0.25, -0.2) is 14.6 Å². The molecule has 0 aliphatic carbocycles. The monoisotopic (exact) mass is 888 g/mol. The molecule has 1 aliphatic heterocycles. The van der Waals surface area contributed by atoms with Crippen molar-refractivity contribution in [3.8, 4) is 5.75 Å². The molecule has 1 saturated heterocycles. The highest BCUT2D eigenvalue weighted by Crippen LogP contribution is 2.22. The first kappa shape index (κ1) is 46.4. The van der Waals surface area contributed by atoms with E-state index in [0.29, 0.717) is 49.3 Å². The van der Waals surface area contributed by atoms with Gasteiger partial charge in [-0.15, -0.1) is 5.06 Å². The summed E-state index contributed by atoms with van der Waals surface area (Å²) in [7, 11) is 1.56. The highest BCUT2D eigenvalue weighted by Gasteiger charge is 2.33. The third kappa shape index (κ3) is 13.2. The lowest BCUT2D eigenvalue weighted by atomic mass is 10.0. The molecule has 5 rings (SSSR count). The molecule has 1 aromatic heterocycles. The quantitative estimate of drug-likeness (QED) is 0.0571. The van der Waals surface area contributed by atoms with Gasteiger partial charge in [0, 0.05) is 41.8 Å². The fourth-order valence-electron chi connectivity index (χ4n) is 5.91. The van der Waals surface area contributed by atoms with E-state index in [1.807, 2.05) is 0 Å². The Kier molecular flexibility index (Phi) is 16.3. The summed E-state index contributed by atoms with van der Waals surface area (Å²) in [5.74, 6) is -3.10. The molecule has 0 spiro atoms. The molecule has 0 radical (unpaired) electrons. The largest absolute Gasteiger partial charge is 0.497 e. The molecule has 6 amide bonds. The number of nitrogens with zero attached hydrogens (tertiary/aromatic N) is 2. The highest BCUT2D eigenvalue weighted by molar-refractivity contribution is 7.80. The van der Waals surface area contributed by atoms with E-state index in [4.69, 9.17) is 42.5 Å². The number of alkyl carbamates (subject to hydrolysis) is 1. The Morgan fingerprint density at radius 1 is 0.871 bits per heavy atom. The lowest BCUT2D eigenvalue weighted by Crippen LogP contribution is -2.53. The Morgan fingerprint density at radius 3 is 2.21 bits per heavy atom. The molecular formula is C43H45ClN6O11S. The number of carbonyl (C=O) groups is 7. The van der Waals surface area contributed by atoms with Crippen LogP contribution < -0.4 is 31.6 Å². The second kappa shape index (κ2) is 21.7. The van der Waals surface area contributed by atoms with Gasteiger partial charge in [-0.1, -0.05) is 49.8 Å². The second-order valence-corrected chi connectivity index (χ2v) is 15.3. The third-order valence-electron chi connectivity index (χ3n) is 9.31. The van der Waals surface area contributed by atoms with Crippen LogP contribution in [0.3, 0.4) is 0 Å². The standard InChI is InChI=1S/C43H45ClN6O11S/c1-24(2)38(48-34(51)7-5-6-8-37(54)61-50-35(52)19-20-36(50)53)40(56)45-25(3)39(55)46-29-12-9-26(10-13-29)23-59-43(57)49-42(62)32-22-27-21-28(44)11-18-33(27)60-41(32)47-30-14-16-31(58-4)17-15-30/h9-18,21-22,24-25,38H,5-8,19-20,23H2,1-4H3,(H,45,56)(H,46,55)(H,48,51)(H,49,57,62)/b47-41-. The average molecular weight is 889 g/mol. The van der Waals surface area contributed by atoms with Crippen LogP contribution in [-0.4, -0.2) is 70.8 Å². The topological polar surface area (TPSA) is 224 Å². The number of thiocarbonyl (C=S) groups is 1. The lowest BCUT2D eigenvalue weighted by molar-refractivity contribution is -0.197. The number of rotatable bonds is 17. The van der Waals surface area contributed by atoms with Crippen molar-refractivity contribution in [3.05, 3.63) is 94.5 Å². The molecule has 62 heavy (non-hydrogen) atoms. The van der Waals surface area contributed by atoms with Crippen LogP contribution in [0, 0.1) is 5.92 Å². The van der Waals surface area contributed by atoms with Crippen LogP contribution in [0.1, 0.15) is 70.4 Å². The maximum Gasteiger partial charge on any atom is 0.412 e. The van der Waals surface area contributed by atoms with Crippen LogP contribution in [-0.2, 0) is 44.9 Å². The number of fused-ring (bicyclic) bond motifs is 1. The van der Waals surface area contributed by atoms with Crippen LogP contribution in [0.2, 0.25) is 5.02 Å². The average Bonchev–Trinajstić information content (AvgIpc) is 3.56. The van der Waals surface area contributed by atoms with Gasteiger partial charge in [0.2, 0.25) is 23.3 Å². The van der Waals surface area contributed by atoms with Crippen molar-refractivity contribution in [2.45, 2.75) is 78.0 Å². The zero-order valence-corrected chi connectivity index (χ0v) is 35.9. The minimum Gasteiger partial charge on any atom is -0.497 e. The third-order valence-corrected chi connectivity index (χ3v) is 9.87. The fraction of sp³-hybridized carbons (Fsp3) is 0.326. The fourth-order valence-corrected chi connectivity index (χ4v) is 6.32. The lowest BCUT2D eigenvalue weighted by Gasteiger charge is -2.24. The van der Waals surface area contributed by atoms with Gasteiger partial charge in [0.1, 0.15) is 35.0 Å². The number of unbranched alkanes of at least 4 members (excludes halogenated alkanes) is 1. The Labute approximate surface area is 366 Å². The van der Waals surface area contributed by atoms with Gasteiger partial charge in [0.25, 0.3) is 11.8 Å². The van der Waals surface area contributed by atoms with Crippen molar-refractivity contribution in [1.29, 1.82) is 0 Å². The normalized spacial score (nSPS) is 13.6. The van der Waals surface area contributed by atoms with Crippen molar-refractivity contribution in [1.82, 2.24) is 21.0 Å². The van der Waals surface area contributed by atoms with E-state index >= 15 is 0 Å². The number of methoxy groups -OCH3 is 1. The minimum atomic E-state index is -0.978. The van der Waals surface area contributed by atoms with E-state index in [9.17, 15) is 33.6 Å². The smallest absolute Gasteiger partial charge is 0.412 e. The van der Waals surface area contributed by atoms with Gasteiger partial charge in [0.05, 0.1) is 18.4 Å². The van der Waals surface area contributed by atoms with Crippen LogP contribution in [0.15, 0.2) is 82.2 Å².